The molecule has 0 aromatic carbocycles. The maximum absolute atomic E-state index is 13.6. The Balaban J connectivity index is 1.31. The van der Waals surface area contributed by atoms with Gasteiger partial charge in [-0.3, -0.25) is 4.79 Å². The lowest BCUT2D eigenvalue weighted by molar-refractivity contribution is -0.158. The van der Waals surface area contributed by atoms with E-state index in [-0.39, 0.29) is 5.41 Å². The molecule has 1 amide bonds. The van der Waals surface area contributed by atoms with Gasteiger partial charge in [0.25, 0.3) is 0 Å². The van der Waals surface area contributed by atoms with Crippen LogP contribution >= 0.6 is 0 Å². The average molecular weight is 408 g/mol. The summed E-state index contributed by atoms with van der Waals surface area (Å²) in [6.07, 6.45) is 9.05. The van der Waals surface area contributed by atoms with Gasteiger partial charge in [-0.05, 0) is 74.7 Å². The van der Waals surface area contributed by atoms with Gasteiger partial charge in [0.1, 0.15) is 11.6 Å². The Labute approximate surface area is 179 Å². The Kier molecular flexibility index (Phi) is 4.95. The van der Waals surface area contributed by atoms with Crippen molar-refractivity contribution in [3.63, 3.8) is 0 Å². The molecular weight excluding hydrogens is 374 g/mol. The fourth-order valence-corrected chi connectivity index (χ4v) is 7.33. The third-order valence-corrected chi connectivity index (χ3v) is 8.30. The van der Waals surface area contributed by atoms with Crippen LogP contribution < -0.4 is 4.90 Å². The number of aromatic nitrogens is 2. The summed E-state index contributed by atoms with van der Waals surface area (Å²) in [5.41, 5.74) is 2.56. The van der Waals surface area contributed by atoms with Crippen molar-refractivity contribution in [3.8, 4) is 6.07 Å². The second kappa shape index (κ2) is 7.51. The summed E-state index contributed by atoms with van der Waals surface area (Å²) in [4.78, 5) is 17.9. The minimum Gasteiger partial charge on any atom is -0.350 e. The van der Waals surface area contributed by atoms with Gasteiger partial charge in [-0.1, -0.05) is 13.8 Å². The highest BCUT2D eigenvalue weighted by Crippen LogP contribution is 2.60. The SMILES string of the molecule is CCc1nnc(N2CCN(C(=O)C34CC5CC(CC(C5)C3)C4)CC2)c(C#N)c1CC. The highest BCUT2D eigenvalue weighted by Gasteiger charge is 2.55. The molecule has 0 radical (unpaired) electrons. The van der Waals surface area contributed by atoms with Crippen molar-refractivity contribution in [2.45, 2.75) is 65.2 Å². The minimum atomic E-state index is -0.0628. The number of hydrogen-bond donors (Lipinski definition) is 0. The molecule has 4 saturated carbocycles. The van der Waals surface area contributed by atoms with Crippen molar-refractivity contribution >= 4 is 11.7 Å². The predicted octanol–water partition coefficient (Wildman–Crippen LogP) is 3.34. The molecule has 4 bridgehead atoms. The van der Waals surface area contributed by atoms with Crippen LogP contribution in [0.2, 0.25) is 0 Å². The Morgan fingerprint density at radius 1 is 1.00 bits per heavy atom. The number of nitriles is 1. The lowest BCUT2D eigenvalue weighted by Crippen LogP contribution is -2.58. The van der Waals surface area contributed by atoms with E-state index in [4.69, 9.17) is 0 Å². The van der Waals surface area contributed by atoms with E-state index >= 15 is 0 Å². The third kappa shape index (κ3) is 3.09. The molecule has 6 heteroatoms. The minimum absolute atomic E-state index is 0.0628. The van der Waals surface area contributed by atoms with E-state index in [1.165, 1.54) is 19.3 Å². The first-order chi connectivity index (χ1) is 14.6. The fourth-order valence-electron chi connectivity index (χ4n) is 7.33. The summed E-state index contributed by atoms with van der Waals surface area (Å²) in [5.74, 6) is 3.50. The zero-order valence-corrected chi connectivity index (χ0v) is 18.4. The molecule has 0 N–H and O–H groups in total. The zero-order chi connectivity index (χ0) is 20.9. The van der Waals surface area contributed by atoms with Gasteiger partial charge in [0.05, 0.1) is 11.1 Å². The maximum atomic E-state index is 13.6. The number of hydrogen-bond acceptors (Lipinski definition) is 5. The van der Waals surface area contributed by atoms with Gasteiger partial charge in [-0.2, -0.15) is 10.4 Å². The topological polar surface area (TPSA) is 73.1 Å². The molecule has 4 aliphatic carbocycles. The molecule has 0 spiro atoms. The maximum Gasteiger partial charge on any atom is 0.228 e. The van der Waals surface area contributed by atoms with Gasteiger partial charge in [-0.15, -0.1) is 5.10 Å². The number of amides is 1. The Bertz CT molecular complexity index is 845. The smallest absolute Gasteiger partial charge is 0.228 e. The van der Waals surface area contributed by atoms with Crippen molar-refractivity contribution in [2.24, 2.45) is 23.2 Å². The molecule has 0 unspecified atom stereocenters. The standard InChI is InChI=1S/C24H33N5O/c1-3-19-20(15-25)22(27-26-21(19)4-2)28-5-7-29(8-6-28)23(30)24-12-16-9-17(13-24)11-18(10-16)14-24/h16-18H,3-14H2,1-2H3. The molecule has 0 atom stereocenters. The highest BCUT2D eigenvalue weighted by molar-refractivity contribution is 5.83. The highest BCUT2D eigenvalue weighted by atomic mass is 16.2. The van der Waals surface area contributed by atoms with Gasteiger partial charge < -0.3 is 9.80 Å². The number of rotatable bonds is 4. The second-order valence-corrected chi connectivity index (χ2v) is 10.1. The Morgan fingerprint density at radius 3 is 2.10 bits per heavy atom. The Morgan fingerprint density at radius 2 is 1.60 bits per heavy atom. The van der Waals surface area contributed by atoms with Crippen LogP contribution in [0.5, 0.6) is 0 Å². The predicted molar refractivity (Wildman–Crippen MR) is 115 cm³/mol. The van der Waals surface area contributed by atoms with Gasteiger partial charge in [0, 0.05) is 26.2 Å². The number of carbonyl (C=O) groups excluding carboxylic acids is 1. The average Bonchev–Trinajstić information content (AvgIpc) is 2.76. The van der Waals surface area contributed by atoms with Crippen molar-refractivity contribution in [3.05, 3.63) is 16.8 Å². The molecule has 1 aliphatic heterocycles. The van der Waals surface area contributed by atoms with Gasteiger partial charge >= 0.3 is 0 Å². The monoisotopic (exact) mass is 407 g/mol. The van der Waals surface area contributed by atoms with Crippen molar-refractivity contribution in [1.29, 1.82) is 5.26 Å². The molecule has 6 nitrogen and oxygen atoms in total. The van der Waals surface area contributed by atoms with Crippen LogP contribution in [-0.2, 0) is 17.6 Å². The summed E-state index contributed by atoms with van der Waals surface area (Å²) in [6, 6.07) is 2.39. The Hall–Kier alpha value is -2.16. The van der Waals surface area contributed by atoms with Crippen LogP contribution in [0.1, 0.15) is 69.2 Å². The number of aryl methyl sites for hydroxylation is 1. The quantitative estimate of drug-likeness (QED) is 0.765. The molecule has 30 heavy (non-hydrogen) atoms. The summed E-state index contributed by atoms with van der Waals surface area (Å²) < 4.78 is 0. The lowest BCUT2D eigenvalue weighted by atomic mass is 9.49. The van der Waals surface area contributed by atoms with Crippen molar-refractivity contribution in [2.75, 3.05) is 31.1 Å². The molecule has 1 saturated heterocycles. The van der Waals surface area contributed by atoms with E-state index in [2.05, 4.69) is 39.9 Å². The van der Waals surface area contributed by atoms with E-state index < -0.39 is 0 Å². The van der Waals surface area contributed by atoms with Crippen LogP contribution in [0.25, 0.3) is 0 Å². The van der Waals surface area contributed by atoms with E-state index in [0.717, 1.165) is 87.3 Å². The van der Waals surface area contributed by atoms with Crippen LogP contribution in [0.4, 0.5) is 5.82 Å². The van der Waals surface area contributed by atoms with E-state index in [0.29, 0.717) is 17.3 Å². The van der Waals surface area contributed by atoms with Crippen molar-refractivity contribution < 1.29 is 4.79 Å². The summed E-state index contributed by atoms with van der Waals surface area (Å²) >= 11 is 0. The first kappa shape index (κ1) is 19.8. The third-order valence-electron chi connectivity index (χ3n) is 8.30. The molecule has 1 aromatic rings. The van der Waals surface area contributed by atoms with Gasteiger partial charge in [0.15, 0.2) is 5.82 Å². The molecule has 160 valence electrons. The molecule has 5 fully saturated rings. The first-order valence-corrected chi connectivity index (χ1v) is 11.9. The van der Waals surface area contributed by atoms with Crippen molar-refractivity contribution in [1.82, 2.24) is 15.1 Å². The molecule has 6 rings (SSSR count). The van der Waals surface area contributed by atoms with Crippen LogP contribution in [0.3, 0.4) is 0 Å². The molecule has 2 heterocycles. The summed E-state index contributed by atoms with van der Waals surface area (Å²) in [6.45, 7) is 7.04. The second-order valence-electron chi connectivity index (χ2n) is 10.1. The first-order valence-electron chi connectivity index (χ1n) is 11.9. The van der Waals surface area contributed by atoms with E-state index in [1.54, 1.807) is 0 Å². The summed E-state index contributed by atoms with van der Waals surface area (Å²) in [7, 11) is 0. The van der Waals surface area contributed by atoms with Crippen LogP contribution in [0, 0.1) is 34.5 Å². The van der Waals surface area contributed by atoms with E-state index in [9.17, 15) is 10.1 Å². The zero-order valence-electron chi connectivity index (χ0n) is 18.4. The normalized spacial score (nSPS) is 32.4. The number of anilines is 1. The van der Waals surface area contributed by atoms with Crippen LogP contribution in [-0.4, -0.2) is 47.2 Å². The van der Waals surface area contributed by atoms with Gasteiger partial charge in [0.2, 0.25) is 5.91 Å². The van der Waals surface area contributed by atoms with Gasteiger partial charge in [-0.25, -0.2) is 0 Å². The lowest BCUT2D eigenvalue weighted by Gasteiger charge is -2.57. The summed E-state index contributed by atoms with van der Waals surface area (Å²) in [5, 5.41) is 18.6. The molecule has 1 aromatic heterocycles. The molecular formula is C24H33N5O. The largest absolute Gasteiger partial charge is 0.350 e. The number of carbonyl (C=O) groups is 1. The van der Waals surface area contributed by atoms with Crippen LogP contribution in [0.15, 0.2) is 0 Å². The van der Waals surface area contributed by atoms with E-state index in [1.807, 2.05) is 0 Å². The molecule has 5 aliphatic rings. The number of piperazine rings is 1. The number of nitrogens with zero attached hydrogens (tertiary/aromatic N) is 5. The fraction of sp³-hybridized carbons (Fsp3) is 0.750.